The van der Waals surface area contributed by atoms with E-state index in [4.69, 9.17) is 5.11 Å². The van der Waals surface area contributed by atoms with Crippen molar-refractivity contribution in [3.05, 3.63) is 36.4 Å². The maximum atomic E-state index is 11.9. The summed E-state index contributed by atoms with van der Waals surface area (Å²) in [6, 6.07) is 4.06. The molecule has 0 aliphatic carbocycles. The highest BCUT2D eigenvalue weighted by Crippen LogP contribution is 2.25. The Hall–Kier alpha value is -1.97. The SMILES string of the molecule is C=CCCCN(C)C(=O)c1ccc(O)c(O)c1. The molecular formula is C13H17NO3. The first-order chi connectivity index (χ1) is 8.06. The molecule has 0 radical (unpaired) electrons. The van der Waals surface area contributed by atoms with Crippen LogP contribution in [-0.2, 0) is 0 Å². The zero-order valence-electron chi connectivity index (χ0n) is 9.89. The second-order valence-corrected chi connectivity index (χ2v) is 3.86. The van der Waals surface area contributed by atoms with E-state index in [1.165, 1.54) is 18.2 Å². The van der Waals surface area contributed by atoms with Crippen LogP contribution >= 0.6 is 0 Å². The van der Waals surface area contributed by atoms with Gasteiger partial charge in [-0.3, -0.25) is 4.79 Å². The number of carbonyl (C=O) groups excluding carboxylic acids is 1. The highest BCUT2D eigenvalue weighted by Gasteiger charge is 2.12. The summed E-state index contributed by atoms with van der Waals surface area (Å²) in [6.45, 7) is 4.25. The molecule has 2 N–H and O–H groups in total. The fourth-order valence-corrected chi connectivity index (χ4v) is 1.45. The predicted molar refractivity (Wildman–Crippen MR) is 66.2 cm³/mol. The minimum Gasteiger partial charge on any atom is -0.504 e. The van der Waals surface area contributed by atoms with Gasteiger partial charge in [0, 0.05) is 19.2 Å². The van der Waals surface area contributed by atoms with E-state index in [1.807, 2.05) is 6.08 Å². The zero-order valence-corrected chi connectivity index (χ0v) is 9.89. The van der Waals surface area contributed by atoms with Gasteiger partial charge in [-0.15, -0.1) is 6.58 Å². The lowest BCUT2D eigenvalue weighted by Crippen LogP contribution is -2.27. The Morgan fingerprint density at radius 1 is 1.41 bits per heavy atom. The van der Waals surface area contributed by atoms with Gasteiger partial charge in [0.05, 0.1) is 0 Å². The lowest BCUT2D eigenvalue weighted by molar-refractivity contribution is 0.0793. The molecule has 1 aromatic carbocycles. The molecule has 0 saturated heterocycles. The molecule has 1 amide bonds. The average Bonchev–Trinajstić information content (AvgIpc) is 2.32. The van der Waals surface area contributed by atoms with Crippen LogP contribution in [0.25, 0.3) is 0 Å². The molecule has 17 heavy (non-hydrogen) atoms. The maximum Gasteiger partial charge on any atom is 0.253 e. The summed E-state index contributed by atoms with van der Waals surface area (Å²) < 4.78 is 0. The van der Waals surface area contributed by atoms with Crippen molar-refractivity contribution in [3.63, 3.8) is 0 Å². The van der Waals surface area contributed by atoms with E-state index in [1.54, 1.807) is 11.9 Å². The van der Waals surface area contributed by atoms with Gasteiger partial charge in [-0.2, -0.15) is 0 Å². The smallest absolute Gasteiger partial charge is 0.253 e. The first-order valence-corrected chi connectivity index (χ1v) is 5.44. The minimum atomic E-state index is -0.282. The van der Waals surface area contributed by atoms with Gasteiger partial charge in [0.2, 0.25) is 0 Å². The van der Waals surface area contributed by atoms with Crippen LogP contribution in [0.2, 0.25) is 0 Å². The Balaban J connectivity index is 2.68. The van der Waals surface area contributed by atoms with Crippen LogP contribution in [0.5, 0.6) is 11.5 Å². The first-order valence-electron chi connectivity index (χ1n) is 5.44. The van der Waals surface area contributed by atoms with Crippen LogP contribution in [-0.4, -0.2) is 34.6 Å². The summed E-state index contributed by atoms with van der Waals surface area (Å²) >= 11 is 0. The fraction of sp³-hybridized carbons (Fsp3) is 0.308. The molecule has 0 atom stereocenters. The molecule has 0 spiro atoms. The van der Waals surface area contributed by atoms with Gasteiger partial charge >= 0.3 is 0 Å². The fourth-order valence-electron chi connectivity index (χ4n) is 1.45. The lowest BCUT2D eigenvalue weighted by Gasteiger charge is -2.16. The summed E-state index contributed by atoms with van der Waals surface area (Å²) in [5.41, 5.74) is 0.362. The zero-order chi connectivity index (χ0) is 12.8. The molecule has 0 bridgehead atoms. The molecule has 0 aliphatic heterocycles. The number of allylic oxidation sites excluding steroid dienone is 1. The van der Waals surface area contributed by atoms with E-state index >= 15 is 0 Å². The van der Waals surface area contributed by atoms with Crippen molar-refractivity contribution in [2.75, 3.05) is 13.6 Å². The number of hydrogen-bond donors (Lipinski definition) is 2. The van der Waals surface area contributed by atoms with Crippen LogP contribution in [0.4, 0.5) is 0 Å². The summed E-state index contributed by atoms with van der Waals surface area (Å²) in [5, 5.41) is 18.5. The standard InChI is InChI=1S/C13H17NO3/c1-3-4-5-8-14(2)13(17)10-6-7-11(15)12(16)9-10/h3,6-7,9,15-16H,1,4-5,8H2,2H3. The Morgan fingerprint density at radius 2 is 2.12 bits per heavy atom. The quantitative estimate of drug-likeness (QED) is 0.467. The van der Waals surface area contributed by atoms with Crippen molar-refractivity contribution in [3.8, 4) is 11.5 Å². The van der Waals surface area contributed by atoms with Crippen molar-refractivity contribution in [2.45, 2.75) is 12.8 Å². The lowest BCUT2D eigenvalue weighted by atomic mass is 10.1. The largest absolute Gasteiger partial charge is 0.504 e. The summed E-state index contributed by atoms with van der Waals surface area (Å²) in [4.78, 5) is 13.5. The number of phenols is 2. The number of benzene rings is 1. The number of carbonyl (C=O) groups is 1. The Bertz CT molecular complexity index is 415. The van der Waals surface area contributed by atoms with E-state index in [0.717, 1.165) is 12.8 Å². The molecule has 0 saturated carbocycles. The molecule has 0 heterocycles. The van der Waals surface area contributed by atoms with E-state index in [-0.39, 0.29) is 17.4 Å². The monoisotopic (exact) mass is 235 g/mol. The second-order valence-electron chi connectivity index (χ2n) is 3.86. The summed E-state index contributed by atoms with van der Waals surface area (Å²) in [6.07, 6.45) is 3.53. The molecule has 1 rings (SSSR count). The minimum absolute atomic E-state index is 0.177. The number of unbranched alkanes of at least 4 members (excludes halogenated alkanes) is 1. The van der Waals surface area contributed by atoms with Crippen molar-refractivity contribution < 1.29 is 15.0 Å². The Kier molecular flexibility index (Phi) is 4.57. The van der Waals surface area contributed by atoms with Gasteiger partial charge < -0.3 is 15.1 Å². The molecule has 0 unspecified atom stereocenters. The van der Waals surface area contributed by atoms with E-state index < -0.39 is 0 Å². The van der Waals surface area contributed by atoms with Crippen LogP contribution in [0.15, 0.2) is 30.9 Å². The van der Waals surface area contributed by atoms with Crippen LogP contribution in [0.3, 0.4) is 0 Å². The number of rotatable bonds is 5. The summed E-state index contributed by atoms with van der Waals surface area (Å²) in [5.74, 6) is -0.685. The van der Waals surface area contributed by atoms with Crippen molar-refractivity contribution in [2.24, 2.45) is 0 Å². The molecule has 4 nitrogen and oxygen atoms in total. The van der Waals surface area contributed by atoms with Crippen LogP contribution < -0.4 is 0 Å². The Morgan fingerprint density at radius 3 is 2.71 bits per heavy atom. The molecule has 4 heteroatoms. The third kappa shape index (κ3) is 3.52. The number of phenolic OH excluding ortho intramolecular Hbond substituents is 2. The molecular weight excluding hydrogens is 218 g/mol. The number of amides is 1. The van der Waals surface area contributed by atoms with E-state index in [0.29, 0.717) is 12.1 Å². The van der Waals surface area contributed by atoms with E-state index in [2.05, 4.69) is 6.58 Å². The predicted octanol–water partition coefficient (Wildman–Crippen LogP) is 2.14. The normalized spacial score (nSPS) is 9.94. The van der Waals surface area contributed by atoms with Gasteiger partial charge in [0.15, 0.2) is 11.5 Å². The topological polar surface area (TPSA) is 60.8 Å². The van der Waals surface area contributed by atoms with Gasteiger partial charge in [0.25, 0.3) is 5.91 Å². The summed E-state index contributed by atoms with van der Waals surface area (Å²) in [7, 11) is 1.70. The van der Waals surface area contributed by atoms with Crippen molar-refractivity contribution in [1.82, 2.24) is 4.90 Å². The highest BCUT2D eigenvalue weighted by molar-refractivity contribution is 5.94. The van der Waals surface area contributed by atoms with Gasteiger partial charge in [-0.1, -0.05) is 6.08 Å². The highest BCUT2D eigenvalue weighted by atomic mass is 16.3. The average molecular weight is 235 g/mol. The van der Waals surface area contributed by atoms with Crippen molar-refractivity contribution >= 4 is 5.91 Å². The van der Waals surface area contributed by atoms with E-state index in [9.17, 15) is 9.90 Å². The Labute approximate surface area is 101 Å². The first kappa shape index (κ1) is 13.1. The van der Waals surface area contributed by atoms with Crippen LogP contribution in [0, 0.1) is 0 Å². The molecule has 1 aromatic rings. The number of hydrogen-bond acceptors (Lipinski definition) is 3. The van der Waals surface area contributed by atoms with Gasteiger partial charge in [-0.25, -0.2) is 0 Å². The molecule has 0 aliphatic rings. The molecule has 0 aromatic heterocycles. The van der Waals surface area contributed by atoms with Gasteiger partial charge in [0.1, 0.15) is 0 Å². The van der Waals surface area contributed by atoms with Crippen LogP contribution in [0.1, 0.15) is 23.2 Å². The third-order valence-corrected chi connectivity index (χ3v) is 2.47. The third-order valence-electron chi connectivity index (χ3n) is 2.47. The number of nitrogens with zero attached hydrogens (tertiary/aromatic N) is 1. The number of aromatic hydroxyl groups is 2. The maximum absolute atomic E-state index is 11.9. The molecule has 92 valence electrons. The van der Waals surface area contributed by atoms with Crippen molar-refractivity contribution in [1.29, 1.82) is 0 Å². The van der Waals surface area contributed by atoms with Gasteiger partial charge in [-0.05, 0) is 31.0 Å². The molecule has 0 fully saturated rings. The second kappa shape index (κ2) is 5.94.